The van der Waals surface area contributed by atoms with Crippen molar-refractivity contribution < 1.29 is 4.74 Å². The summed E-state index contributed by atoms with van der Waals surface area (Å²) in [7, 11) is 5.86. The van der Waals surface area contributed by atoms with Gasteiger partial charge in [0.15, 0.2) is 0 Å². The monoisotopic (exact) mass is 339 g/mol. The highest BCUT2D eigenvalue weighted by Gasteiger charge is 2.35. The molecule has 1 fully saturated rings. The van der Waals surface area contributed by atoms with Gasteiger partial charge in [0.1, 0.15) is 5.82 Å². The van der Waals surface area contributed by atoms with Crippen LogP contribution in [0.25, 0.3) is 11.0 Å². The number of rotatable bonds is 5. The van der Waals surface area contributed by atoms with E-state index in [-0.39, 0.29) is 0 Å². The third kappa shape index (κ3) is 3.07. The number of benzene rings is 1. The summed E-state index contributed by atoms with van der Waals surface area (Å²) in [5.74, 6) is 2.07. The number of para-hydroxylation sites is 2. The molecule has 1 aliphatic rings. The maximum atomic E-state index is 5.48. The third-order valence-corrected chi connectivity index (χ3v) is 5.30. The molecule has 6 nitrogen and oxygen atoms in total. The Bertz CT molecular complexity index is 868. The van der Waals surface area contributed by atoms with E-state index in [2.05, 4.69) is 46.0 Å². The van der Waals surface area contributed by atoms with Crippen molar-refractivity contribution in [3.63, 3.8) is 0 Å². The predicted octanol–water partition coefficient (Wildman–Crippen LogP) is 2.17. The van der Waals surface area contributed by atoms with E-state index in [0.29, 0.717) is 11.8 Å². The van der Waals surface area contributed by atoms with Gasteiger partial charge in [-0.05, 0) is 17.7 Å². The van der Waals surface area contributed by atoms with Crippen LogP contribution in [0.4, 0.5) is 0 Å². The van der Waals surface area contributed by atoms with E-state index in [1.165, 1.54) is 11.1 Å². The minimum Gasteiger partial charge on any atom is -0.384 e. The molecule has 0 spiro atoms. The highest BCUT2D eigenvalue weighted by molar-refractivity contribution is 5.75. The van der Waals surface area contributed by atoms with E-state index in [4.69, 9.17) is 9.72 Å². The minimum atomic E-state index is 0.461. The van der Waals surface area contributed by atoms with Crippen LogP contribution in [0, 0.1) is 5.92 Å². The van der Waals surface area contributed by atoms with Crippen molar-refractivity contribution in [1.29, 1.82) is 0 Å². The molecular formula is C19H25N5O. The Morgan fingerprint density at radius 2 is 2.04 bits per heavy atom. The molecule has 2 aromatic heterocycles. The lowest BCUT2D eigenvalue weighted by Gasteiger charge is -2.15. The zero-order valence-electron chi connectivity index (χ0n) is 15.1. The van der Waals surface area contributed by atoms with Gasteiger partial charge in [0, 0.05) is 52.3 Å². The van der Waals surface area contributed by atoms with Crippen molar-refractivity contribution in [2.24, 2.45) is 20.0 Å². The zero-order chi connectivity index (χ0) is 17.4. The number of aryl methyl sites for hydroxylation is 2. The SMILES string of the molecule is COC[C@@H]1CN(Cc2nc3ccccc3n2C)C[C@H]1c1cnn(C)c1. The first-order valence-electron chi connectivity index (χ1n) is 8.76. The van der Waals surface area contributed by atoms with Crippen LogP contribution in [-0.4, -0.2) is 51.0 Å². The Hall–Kier alpha value is -2.18. The van der Waals surface area contributed by atoms with Gasteiger partial charge in [-0.3, -0.25) is 9.58 Å². The summed E-state index contributed by atoms with van der Waals surface area (Å²) in [6.45, 7) is 3.68. The van der Waals surface area contributed by atoms with Gasteiger partial charge in [-0.25, -0.2) is 4.98 Å². The zero-order valence-corrected chi connectivity index (χ0v) is 15.1. The van der Waals surface area contributed by atoms with Crippen LogP contribution in [0.15, 0.2) is 36.7 Å². The van der Waals surface area contributed by atoms with Gasteiger partial charge in [0.05, 0.1) is 30.4 Å². The van der Waals surface area contributed by atoms with Crippen LogP contribution in [0.3, 0.4) is 0 Å². The Morgan fingerprint density at radius 1 is 1.20 bits per heavy atom. The summed E-state index contributed by atoms with van der Waals surface area (Å²) >= 11 is 0. The molecule has 6 heteroatoms. The molecule has 0 bridgehead atoms. The van der Waals surface area contributed by atoms with Gasteiger partial charge in [-0.2, -0.15) is 5.10 Å². The first-order chi connectivity index (χ1) is 12.2. The molecule has 1 aliphatic heterocycles. The summed E-state index contributed by atoms with van der Waals surface area (Å²) < 4.78 is 9.57. The molecule has 1 aromatic carbocycles. The molecule has 0 aliphatic carbocycles. The summed E-state index contributed by atoms with van der Waals surface area (Å²) in [6, 6.07) is 8.32. The molecule has 132 valence electrons. The fourth-order valence-corrected chi connectivity index (χ4v) is 4.02. The topological polar surface area (TPSA) is 48.1 Å². The van der Waals surface area contributed by atoms with E-state index in [0.717, 1.165) is 37.6 Å². The molecule has 3 heterocycles. The number of likely N-dealkylation sites (tertiary alicyclic amines) is 1. The number of imidazole rings is 1. The molecule has 0 saturated carbocycles. The summed E-state index contributed by atoms with van der Waals surface area (Å²) in [5.41, 5.74) is 3.56. The van der Waals surface area contributed by atoms with Gasteiger partial charge < -0.3 is 9.30 Å². The van der Waals surface area contributed by atoms with Gasteiger partial charge in [-0.15, -0.1) is 0 Å². The van der Waals surface area contributed by atoms with Crippen molar-refractivity contribution in [3.8, 4) is 0 Å². The lowest BCUT2D eigenvalue weighted by atomic mass is 9.92. The second-order valence-electron chi connectivity index (χ2n) is 7.04. The van der Waals surface area contributed by atoms with Crippen molar-refractivity contribution in [2.45, 2.75) is 12.5 Å². The van der Waals surface area contributed by atoms with Crippen LogP contribution in [-0.2, 0) is 25.4 Å². The normalized spacial score (nSPS) is 21.4. The van der Waals surface area contributed by atoms with E-state index < -0.39 is 0 Å². The molecule has 0 unspecified atom stereocenters. The van der Waals surface area contributed by atoms with Gasteiger partial charge in [0.25, 0.3) is 0 Å². The highest BCUT2D eigenvalue weighted by Crippen LogP contribution is 2.33. The summed E-state index contributed by atoms with van der Waals surface area (Å²) in [6.07, 6.45) is 4.12. The number of fused-ring (bicyclic) bond motifs is 1. The average molecular weight is 339 g/mol. The van der Waals surface area contributed by atoms with E-state index >= 15 is 0 Å². The third-order valence-electron chi connectivity index (χ3n) is 5.30. The number of aromatic nitrogens is 4. The fourth-order valence-electron chi connectivity index (χ4n) is 4.02. The van der Waals surface area contributed by atoms with Crippen molar-refractivity contribution >= 4 is 11.0 Å². The fraction of sp³-hybridized carbons (Fsp3) is 0.474. The van der Waals surface area contributed by atoms with Crippen LogP contribution in [0.2, 0.25) is 0 Å². The summed E-state index contributed by atoms with van der Waals surface area (Å²) in [4.78, 5) is 7.31. The lowest BCUT2D eigenvalue weighted by Crippen LogP contribution is -2.23. The van der Waals surface area contributed by atoms with Crippen LogP contribution in [0.1, 0.15) is 17.3 Å². The number of methoxy groups -OCH3 is 1. The number of ether oxygens (including phenoxy) is 1. The van der Waals surface area contributed by atoms with Gasteiger partial charge in [-0.1, -0.05) is 12.1 Å². The van der Waals surface area contributed by atoms with Crippen LogP contribution >= 0.6 is 0 Å². The van der Waals surface area contributed by atoms with Crippen molar-refractivity contribution in [1.82, 2.24) is 24.2 Å². The molecular weight excluding hydrogens is 314 g/mol. The second kappa shape index (κ2) is 6.61. The molecule has 25 heavy (non-hydrogen) atoms. The lowest BCUT2D eigenvalue weighted by molar-refractivity contribution is 0.147. The van der Waals surface area contributed by atoms with E-state index in [9.17, 15) is 0 Å². The quantitative estimate of drug-likeness (QED) is 0.715. The average Bonchev–Trinajstić information content (AvgIpc) is 3.28. The Morgan fingerprint density at radius 3 is 2.76 bits per heavy atom. The molecule has 0 amide bonds. The highest BCUT2D eigenvalue weighted by atomic mass is 16.5. The van der Waals surface area contributed by atoms with Crippen LogP contribution < -0.4 is 0 Å². The van der Waals surface area contributed by atoms with Crippen molar-refractivity contribution in [2.75, 3.05) is 26.8 Å². The first kappa shape index (κ1) is 16.3. The molecule has 0 N–H and O–H groups in total. The summed E-state index contributed by atoms with van der Waals surface area (Å²) in [5, 5.41) is 4.35. The molecule has 1 saturated heterocycles. The van der Waals surface area contributed by atoms with E-state index in [1.54, 1.807) is 7.11 Å². The van der Waals surface area contributed by atoms with Crippen LogP contribution in [0.5, 0.6) is 0 Å². The minimum absolute atomic E-state index is 0.461. The molecule has 4 rings (SSSR count). The molecule has 2 atom stereocenters. The maximum absolute atomic E-state index is 5.48. The predicted molar refractivity (Wildman–Crippen MR) is 97.3 cm³/mol. The van der Waals surface area contributed by atoms with Crippen molar-refractivity contribution in [3.05, 3.63) is 48.0 Å². The Labute approximate surface area is 148 Å². The largest absolute Gasteiger partial charge is 0.384 e. The molecule has 0 radical (unpaired) electrons. The Balaban J connectivity index is 1.55. The van der Waals surface area contributed by atoms with Gasteiger partial charge >= 0.3 is 0 Å². The first-order valence-corrected chi connectivity index (χ1v) is 8.76. The standard InChI is InChI=1S/C19H25N5O/c1-22-9-14(8-20-22)16-11-24(10-15(16)13-25-3)12-19-21-17-6-4-5-7-18(17)23(19)2/h4-9,15-16H,10-13H2,1-3H3/t15-,16-/m0/s1. The number of hydrogen-bond acceptors (Lipinski definition) is 4. The van der Waals surface area contributed by atoms with E-state index in [1.807, 2.05) is 24.0 Å². The smallest absolute Gasteiger partial charge is 0.123 e. The molecule has 3 aromatic rings. The Kier molecular flexibility index (Phi) is 4.31. The van der Waals surface area contributed by atoms with Gasteiger partial charge in [0.2, 0.25) is 0 Å². The number of hydrogen-bond donors (Lipinski definition) is 0. The number of nitrogens with zero attached hydrogens (tertiary/aromatic N) is 5. The maximum Gasteiger partial charge on any atom is 0.123 e. The second-order valence-corrected chi connectivity index (χ2v) is 7.04.